The highest BCUT2D eigenvalue weighted by Gasteiger charge is 2.40. The Morgan fingerprint density at radius 3 is 2.75 bits per heavy atom. The Balaban J connectivity index is 1.28. The van der Waals surface area contributed by atoms with Crippen LogP contribution in [0.1, 0.15) is 48.9 Å². The topological polar surface area (TPSA) is 107 Å². The fourth-order valence-electron chi connectivity index (χ4n) is 4.82. The highest BCUT2D eigenvalue weighted by molar-refractivity contribution is 5.95. The molecule has 2 saturated heterocycles. The lowest BCUT2D eigenvalue weighted by Gasteiger charge is -2.44. The average molecular weight is 447 g/mol. The van der Waals surface area contributed by atoms with Crippen molar-refractivity contribution >= 4 is 11.8 Å². The summed E-state index contributed by atoms with van der Waals surface area (Å²) >= 11 is 0. The molecular formula is C23H30N2O7. The molecule has 9 nitrogen and oxygen atoms in total. The molecule has 174 valence electrons. The number of benzene rings is 1. The molecule has 0 unspecified atom stereocenters. The molecular weight excluding hydrogens is 416 g/mol. The number of hydrogen-bond donors (Lipinski definition) is 2. The van der Waals surface area contributed by atoms with Gasteiger partial charge in [-0.15, -0.1) is 0 Å². The van der Waals surface area contributed by atoms with E-state index in [4.69, 9.17) is 18.9 Å². The van der Waals surface area contributed by atoms with Crippen molar-refractivity contribution in [3.63, 3.8) is 0 Å². The number of aliphatic hydroxyl groups excluding tert-OH is 1. The minimum atomic E-state index is -0.778. The third-order valence-corrected chi connectivity index (χ3v) is 6.74. The van der Waals surface area contributed by atoms with Gasteiger partial charge in [-0.2, -0.15) is 0 Å². The average Bonchev–Trinajstić information content (AvgIpc) is 3.21. The van der Waals surface area contributed by atoms with Gasteiger partial charge >= 0.3 is 0 Å². The smallest absolute Gasteiger partial charge is 0.254 e. The molecule has 1 aromatic rings. The molecule has 3 aliphatic heterocycles. The third-order valence-electron chi connectivity index (χ3n) is 6.74. The van der Waals surface area contributed by atoms with Crippen LogP contribution in [-0.2, 0) is 14.3 Å². The van der Waals surface area contributed by atoms with Crippen molar-refractivity contribution in [2.75, 3.05) is 26.6 Å². The van der Waals surface area contributed by atoms with Gasteiger partial charge in [0.1, 0.15) is 6.10 Å². The zero-order valence-electron chi connectivity index (χ0n) is 18.0. The van der Waals surface area contributed by atoms with Crippen LogP contribution in [-0.4, -0.2) is 78.8 Å². The Hall–Kier alpha value is -2.36. The SMILES string of the molecule is O=C(C[C@@H]1CC[C@@H]2[C@H](COC[C@H](O)CN2C(=O)c2ccc3c(c2)OCO3)O1)NC1CCC1. The monoisotopic (exact) mass is 446 g/mol. The van der Waals surface area contributed by atoms with Crippen LogP contribution in [0.3, 0.4) is 0 Å². The molecule has 2 N–H and O–H groups in total. The molecule has 5 rings (SSSR count). The Labute approximate surface area is 186 Å². The summed E-state index contributed by atoms with van der Waals surface area (Å²) < 4.78 is 22.6. The second kappa shape index (κ2) is 9.25. The highest BCUT2D eigenvalue weighted by Crippen LogP contribution is 2.34. The Morgan fingerprint density at radius 2 is 1.94 bits per heavy atom. The van der Waals surface area contributed by atoms with Gasteiger partial charge in [0.05, 0.1) is 37.9 Å². The van der Waals surface area contributed by atoms with Crippen LogP contribution in [0.15, 0.2) is 18.2 Å². The predicted molar refractivity (Wildman–Crippen MR) is 113 cm³/mol. The maximum Gasteiger partial charge on any atom is 0.254 e. The van der Waals surface area contributed by atoms with E-state index in [1.807, 2.05) is 0 Å². The van der Waals surface area contributed by atoms with E-state index in [1.54, 1.807) is 23.1 Å². The minimum absolute atomic E-state index is 0.0219. The molecule has 3 fully saturated rings. The summed E-state index contributed by atoms with van der Waals surface area (Å²) in [6, 6.07) is 5.18. The van der Waals surface area contributed by atoms with Crippen molar-refractivity contribution < 1.29 is 33.6 Å². The van der Waals surface area contributed by atoms with Gasteiger partial charge in [-0.25, -0.2) is 0 Å². The molecule has 1 saturated carbocycles. The predicted octanol–water partition coefficient (Wildman–Crippen LogP) is 1.22. The highest BCUT2D eigenvalue weighted by atomic mass is 16.7. The van der Waals surface area contributed by atoms with Gasteiger partial charge in [-0.1, -0.05) is 0 Å². The lowest BCUT2D eigenvalue weighted by atomic mass is 9.92. The number of carbonyl (C=O) groups excluding carboxylic acids is 2. The largest absolute Gasteiger partial charge is 0.454 e. The summed E-state index contributed by atoms with van der Waals surface area (Å²) in [4.78, 5) is 27.5. The summed E-state index contributed by atoms with van der Waals surface area (Å²) in [5.41, 5.74) is 0.476. The van der Waals surface area contributed by atoms with E-state index in [0.717, 1.165) is 12.8 Å². The van der Waals surface area contributed by atoms with Crippen LogP contribution in [0.2, 0.25) is 0 Å². The molecule has 9 heteroatoms. The van der Waals surface area contributed by atoms with Crippen LogP contribution in [0, 0.1) is 0 Å². The number of nitrogens with one attached hydrogen (secondary N) is 1. The zero-order valence-corrected chi connectivity index (χ0v) is 18.0. The number of β-amino-alcohol motifs (C(OH)–C–C–N with tert-alkyl or cyclic N) is 1. The number of amides is 2. The second-order valence-electron chi connectivity index (χ2n) is 9.06. The maximum atomic E-state index is 13.4. The first-order valence-electron chi connectivity index (χ1n) is 11.5. The summed E-state index contributed by atoms with van der Waals surface area (Å²) in [6.07, 6.45) is 3.61. The summed E-state index contributed by atoms with van der Waals surface area (Å²) in [5, 5.41) is 13.4. The zero-order chi connectivity index (χ0) is 22.1. The van der Waals surface area contributed by atoms with E-state index in [0.29, 0.717) is 42.4 Å². The van der Waals surface area contributed by atoms with Crippen molar-refractivity contribution in [3.05, 3.63) is 23.8 Å². The molecule has 4 atom stereocenters. The first kappa shape index (κ1) is 21.5. The van der Waals surface area contributed by atoms with Crippen LogP contribution in [0.4, 0.5) is 0 Å². The van der Waals surface area contributed by atoms with Crippen LogP contribution in [0.25, 0.3) is 0 Å². The first-order valence-corrected chi connectivity index (χ1v) is 11.5. The lowest BCUT2D eigenvalue weighted by molar-refractivity contribution is -0.151. The van der Waals surface area contributed by atoms with Gasteiger partial charge in [-0.3, -0.25) is 9.59 Å². The Kier molecular flexibility index (Phi) is 6.21. The molecule has 3 heterocycles. The number of carbonyl (C=O) groups is 2. The number of rotatable bonds is 4. The van der Waals surface area contributed by atoms with Crippen molar-refractivity contribution in [1.82, 2.24) is 10.2 Å². The quantitative estimate of drug-likeness (QED) is 0.716. The summed E-state index contributed by atoms with van der Waals surface area (Å²) in [6.45, 7) is 0.698. The van der Waals surface area contributed by atoms with E-state index < -0.39 is 6.10 Å². The Morgan fingerprint density at radius 1 is 1.09 bits per heavy atom. The number of fused-ring (bicyclic) bond motifs is 2. The van der Waals surface area contributed by atoms with E-state index in [1.165, 1.54) is 6.42 Å². The third kappa shape index (κ3) is 4.55. The molecule has 1 aromatic carbocycles. The number of ether oxygens (including phenoxy) is 4. The van der Waals surface area contributed by atoms with E-state index in [9.17, 15) is 14.7 Å². The molecule has 2 amide bonds. The van der Waals surface area contributed by atoms with E-state index >= 15 is 0 Å². The molecule has 0 radical (unpaired) electrons. The van der Waals surface area contributed by atoms with Crippen molar-refractivity contribution in [1.29, 1.82) is 0 Å². The number of nitrogens with zero attached hydrogens (tertiary/aromatic N) is 1. The van der Waals surface area contributed by atoms with Gasteiger partial charge in [0.25, 0.3) is 5.91 Å². The van der Waals surface area contributed by atoms with Crippen molar-refractivity contribution in [2.45, 2.75) is 68.9 Å². The molecule has 0 aromatic heterocycles. The standard InChI is InChI=1S/C23H30N2O7/c26-16-10-25(23(28)14-4-7-19-20(8-14)31-13-30-19)18-6-5-17(32-21(18)12-29-11-16)9-22(27)24-15-2-1-3-15/h4,7-8,15-18,21,26H,1-3,5-6,9-13H2,(H,24,27)/t16-,17+,18-,21+/m1/s1. The number of aliphatic hydroxyl groups is 1. The first-order chi connectivity index (χ1) is 15.6. The van der Waals surface area contributed by atoms with E-state index in [-0.39, 0.29) is 56.6 Å². The summed E-state index contributed by atoms with van der Waals surface area (Å²) in [7, 11) is 0. The van der Waals surface area contributed by atoms with Gasteiger partial charge < -0.3 is 34.3 Å². The van der Waals surface area contributed by atoms with Gasteiger partial charge in [-0.05, 0) is 50.3 Å². The molecule has 1 aliphatic carbocycles. The van der Waals surface area contributed by atoms with Crippen molar-refractivity contribution in [3.8, 4) is 11.5 Å². The lowest BCUT2D eigenvalue weighted by Crippen LogP contribution is -2.57. The summed E-state index contributed by atoms with van der Waals surface area (Å²) in [5.74, 6) is 0.989. The second-order valence-corrected chi connectivity index (χ2v) is 9.06. The van der Waals surface area contributed by atoms with Crippen molar-refractivity contribution in [2.24, 2.45) is 0 Å². The fraction of sp³-hybridized carbons (Fsp3) is 0.652. The van der Waals surface area contributed by atoms with Gasteiger partial charge in [0.15, 0.2) is 11.5 Å². The Bertz CT molecular complexity index is 859. The minimum Gasteiger partial charge on any atom is -0.454 e. The molecule has 0 bridgehead atoms. The molecule has 32 heavy (non-hydrogen) atoms. The molecule has 0 spiro atoms. The van der Waals surface area contributed by atoms with Gasteiger partial charge in [0.2, 0.25) is 12.7 Å². The van der Waals surface area contributed by atoms with Crippen LogP contribution in [0.5, 0.6) is 11.5 Å². The fourth-order valence-corrected chi connectivity index (χ4v) is 4.82. The normalized spacial score (nSPS) is 30.0. The van der Waals surface area contributed by atoms with Crippen LogP contribution < -0.4 is 14.8 Å². The number of hydrogen-bond acceptors (Lipinski definition) is 7. The molecule has 4 aliphatic rings. The van der Waals surface area contributed by atoms with E-state index in [2.05, 4.69) is 5.32 Å². The maximum absolute atomic E-state index is 13.4. The van der Waals surface area contributed by atoms with Gasteiger partial charge in [0, 0.05) is 18.2 Å². The van der Waals surface area contributed by atoms with Crippen LogP contribution >= 0.6 is 0 Å².